The predicted molar refractivity (Wildman–Crippen MR) is 96.9 cm³/mol. The summed E-state index contributed by atoms with van der Waals surface area (Å²) in [4.78, 5) is 16.0. The van der Waals surface area contributed by atoms with E-state index in [4.69, 9.17) is 0 Å². The van der Waals surface area contributed by atoms with E-state index in [0.29, 0.717) is 12.2 Å². The van der Waals surface area contributed by atoms with Crippen LogP contribution in [0.4, 0.5) is 20.6 Å². The van der Waals surface area contributed by atoms with E-state index in [1.807, 2.05) is 12.1 Å². The molecule has 5 heteroatoms. The maximum atomic E-state index is 12.9. The molecule has 0 fully saturated rings. The first-order valence-electron chi connectivity index (χ1n) is 8.15. The van der Waals surface area contributed by atoms with Crippen LogP contribution in [0.15, 0.2) is 48.5 Å². The molecule has 24 heavy (non-hydrogen) atoms. The number of benzene rings is 2. The van der Waals surface area contributed by atoms with Gasteiger partial charge in [-0.25, -0.2) is 9.18 Å². The Kier molecular flexibility index (Phi) is 6.18. The molecule has 0 saturated heterocycles. The number of hydrogen-bond acceptors (Lipinski definition) is 2. The molecule has 4 nitrogen and oxygen atoms in total. The number of carbonyl (C=O) groups is 1. The molecule has 0 aliphatic carbocycles. The average Bonchev–Trinajstić information content (AvgIpc) is 2.59. The minimum absolute atomic E-state index is 0.227. The molecule has 2 aromatic rings. The molecule has 2 amide bonds. The summed E-state index contributed by atoms with van der Waals surface area (Å²) in [7, 11) is 1.73. The number of hydrogen-bond donors (Lipinski definition) is 1. The number of anilines is 2. The van der Waals surface area contributed by atoms with Crippen molar-refractivity contribution in [3.8, 4) is 0 Å². The Morgan fingerprint density at radius 2 is 1.58 bits per heavy atom. The number of rotatable bonds is 6. The minimum atomic E-state index is -0.324. The van der Waals surface area contributed by atoms with Crippen molar-refractivity contribution in [2.24, 2.45) is 0 Å². The minimum Gasteiger partial charge on any atom is -0.372 e. The number of urea groups is 1. The van der Waals surface area contributed by atoms with Gasteiger partial charge in [-0.05, 0) is 55.8 Å². The summed E-state index contributed by atoms with van der Waals surface area (Å²) in [5.41, 5.74) is 2.81. The highest BCUT2D eigenvalue weighted by Crippen LogP contribution is 2.16. The summed E-state index contributed by atoms with van der Waals surface area (Å²) in [5.74, 6) is -0.324. The summed E-state index contributed by atoms with van der Waals surface area (Å²) in [6.45, 7) is 6.70. The molecule has 0 unspecified atom stereocenters. The van der Waals surface area contributed by atoms with E-state index in [2.05, 4.69) is 36.2 Å². The molecule has 0 aliphatic rings. The van der Waals surface area contributed by atoms with Crippen LogP contribution in [0.25, 0.3) is 0 Å². The van der Waals surface area contributed by atoms with Crippen LogP contribution in [0.1, 0.15) is 19.4 Å². The van der Waals surface area contributed by atoms with E-state index in [1.54, 1.807) is 24.1 Å². The van der Waals surface area contributed by atoms with Crippen molar-refractivity contribution >= 4 is 17.4 Å². The highest BCUT2D eigenvalue weighted by atomic mass is 19.1. The predicted octanol–water partition coefficient (Wildman–Crippen LogP) is 4.34. The fourth-order valence-corrected chi connectivity index (χ4v) is 2.50. The zero-order valence-electron chi connectivity index (χ0n) is 14.4. The van der Waals surface area contributed by atoms with Crippen molar-refractivity contribution in [2.45, 2.75) is 20.4 Å². The molecule has 0 heterocycles. The number of carbonyl (C=O) groups excluding carboxylic acids is 1. The molecular weight excluding hydrogens is 305 g/mol. The summed E-state index contributed by atoms with van der Waals surface area (Å²) < 4.78 is 12.9. The third-order valence-corrected chi connectivity index (χ3v) is 3.93. The zero-order valence-corrected chi connectivity index (χ0v) is 14.4. The van der Waals surface area contributed by atoms with Gasteiger partial charge in [0, 0.05) is 38.1 Å². The third kappa shape index (κ3) is 4.72. The van der Waals surface area contributed by atoms with E-state index in [9.17, 15) is 9.18 Å². The quantitative estimate of drug-likeness (QED) is 0.856. The van der Waals surface area contributed by atoms with Crippen molar-refractivity contribution < 1.29 is 9.18 Å². The van der Waals surface area contributed by atoms with Gasteiger partial charge in [-0.3, -0.25) is 0 Å². The Bertz CT molecular complexity index is 651. The molecule has 0 bridgehead atoms. The lowest BCUT2D eigenvalue weighted by atomic mass is 10.2. The lowest BCUT2D eigenvalue weighted by Gasteiger charge is -2.22. The molecule has 0 aliphatic heterocycles. The van der Waals surface area contributed by atoms with Gasteiger partial charge in [-0.15, -0.1) is 0 Å². The SMILES string of the molecule is CCN(CC)c1ccc(CN(C)C(=O)Nc2ccc(F)cc2)cc1. The standard InChI is InChI=1S/C19H24FN3O/c1-4-23(5-2)18-12-6-15(7-13-18)14-22(3)19(24)21-17-10-8-16(20)9-11-17/h6-13H,4-5,14H2,1-3H3,(H,21,24). The Morgan fingerprint density at radius 3 is 2.12 bits per heavy atom. The Balaban J connectivity index is 1.94. The van der Waals surface area contributed by atoms with Gasteiger partial charge in [0.25, 0.3) is 0 Å². The Labute approximate surface area is 142 Å². The number of amides is 2. The third-order valence-electron chi connectivity index (χ3n) is 3.93. The first-order valence-corrected chi connectivity index (χ1v) is 8.15. The second-order valence-electron chi connectivity index (χ2n) is 5.63. The van der Waals surface area contributed by atoms with Gasteiger partial charge >= 0.3 is 6.03 Å². The Morgan fingerprint density at radius 1 is 1.00 bits per heavy atom. The van der Waals surface area contributed by atoms with E-state index < -0.39 is 0 Å². The van der Waals surface area contributed by atoms with Gasteiger partial charge in [-0.2, -0.15) is 0 Å². The van der Waals surface area contributed by atoms with Crippen LogP contribution in [-0.4, -0.2) is 31.1 Å². The van der Waals surface area contributed by atoms with Crippen LogP contribution in [-0.2, 0) is 6.54 Å². The van der Waals surface area contributed by atoms with Crippen LogP contribution < -0.4 is 10.2 Å². The first kappa shape index (κ1) is 17.8. The lowest BCUT2D eigenvalue weighted by molar-refractivity contribution is 0.220. The van der Waals surface area contributed by atoms with Crippen molar-refractivity contribution in [2.75, 3.05) is 30.4 Å². The smallest absolute Gasteiger partial charge is 0.321 e. The van der Waals surface area contributed by atoms with Crippen LogP contribution in [0.3, 0.4) is 0 Å². The number of halogens is 1. The van der Waals surface area contributed by atoms with Crippen LogP contribution in [0, 0.1) is 5.82 Å². The molecule has 1 N–H and O–H groups in total. The van der Waals surface area contributed by atoms with Crippen molar-refractivity contribution in [3.63, 3.8) is 0 Å². The first-order chi connectivity index (χ1) is 11.5. The molecule has 2 rings (SSSR count). The van der Waals surface area contributed by atoms with Crippen molar-refractivity contribution in [1.82, 2.24) is 4.90 Å². The monoisotopic (exact) mass is 329 g/mol. The van der Waals surface area contributed by atoms with Crippen LogP contribution in [0.2, 0.25) is 0 Å². The topological polar surface area (TPSA) is 35.6 Å². The average molecular weight is 329 g/mol. The summed E-state index contributed by atoms with van der Waals surface area (Å²) in [6.07, 6.45) is 0. The van der Waals surface area contributed by atoms with Gasteiger partial charge < -0.3 is 15.1 Å². The van der Waals surface area contributed by atoms with Gasteiger partial charge in [0.2, 0.25) is 0 Å². The van der Waals surface area contributed by atoms with Crippen molar-refractivity contribution in [3.05, 3.63) is 59.9 Å². The normalized spacial score (nSPS) is 10.3. The van der Waals surface area contributed by atoms with Crippen molar-refractivity contribution in [1.29, 1.82) is 0 Å². The van der Waals surface area contributed by atoms with Crippen LogP contribution in [0.5, 0.6) is 0 Å². The number of nitrogens with one attached hydrogen (secondary N) is 1. The summed E-state index contributed by atoms with van der Waals surface area (Å²) in [5, 5.41) is 2.75. The van der Waals surface area contributed by atoms with E-state index in [-0.39, 0.29) is 11.8 Å². The molecule has 0 atom stereocenters. The molecule has 0 radical (unpaired) electrons. The fraction of sp³-hybridized carbons (Fsp3) is 0.316. The molecular formula is C19H24FN3O. The van der Waals surface area contributed by atoms with Gasteiger partial charge in [0.15, 0.2) is 0 Å². The molecule has 128 valence electrons. The molecule has 0 saturated carbocycles. The highest BCUT2D eigenvalue weighted by Gasteiger charge is 2.10. The molecule has 2 aromatic carbocycles. The zero-order chi connectivity index (χ0) is 17.5. The second-order valence-corrected chi connectivity index (χ2v) is 5.63. The molecule has 0 aromatic heterocycles. The molecule has 0 spiro atoms. The van der Waals surface area contributed by atoms with E-state index >= 15 is 0 Å². The van der Waals surface area contributed by atoms with Gasteiger partial charge in [0.1, 0.15) is 5.82 Å². The fourth-order valence-electron chi connectivity index (χ4n) is 2.50. The lowest BCUT2D eigenvalue weighted by Crippen LogP contribution is -2.30. The summed E-state index contributed by atoms with van der Waals surface area (Å²) in [6, 6.07) is 13.7. The maximum Gasteiger partial charge on any atom is 0.321 e. The maximum absolute atomic E-state index is 12.9. The second kappa shape index (κ2) is 8.34. The summed E-state index contributed by atoms with van der Waals surface area (Å²) >= 11 is 0. The van der Waals surface area contributed by atoms with Crippen LogP contribution >= 0.6 is 0 Å². The van der Waals surface area contributed by atoms with E-state index in [1.165, 1.54) is 17.8 Å². The van der Waals surface area contributed by atoms with Gasteiger partial charge in [-0.1, -0.05) is 12.1 Å². The van der Waals surface area contributed by atoms with E-state index in [0.717, 1.165) is 18.7 Å². The Hall–Kier alpha value is -2.56. The highest BCUT2D eigenvalue weighted by molar-refractivity contribution is 5.89. The largest absolute Gasteiger partial charge is 0.372 e. The number of nitrogens with zero attached hydrogens (tertiary/aromatic N) is 2. The van der Waals surface area contributed by atoms with Gasteiger partial charge in [0.05, 0.1) is 0 Å².